The first kappa shape index (κ1) is 13.9. The standard InChI is InChI=1S/C15H25N3O2/c1-3-10(2)13-15(20)18-7-6-17(8-11-4-5-11)9-12(18)14(19)16-13/h10-13H,3-9H2,1-2H3,(H,16,19)/t10-,12+,13-/m0/s1. The van der Waals surface area contributed by atoms with Crippen molar-refractivity contribution >= 4 is 11.8 Å². The molecule has 20 heavy (non-hydrogen) atoms. The number of amides is 2. The third-order valence-electron chi connectivity index (χ3n) is 5.04. The van der Waals surface area contributed by atoms with Crippen LogP contribution in [0.15, 0.2) is 0 Å². The second-order valence-electron chi connectivity index (χ2n) is 6.62. The molecule has 3 atom stereocenters. The van der Waals surface area contributed by atoms with E-state index in [-0.39, 0.29) is 29.8 Å². The zero-order valence-electron chi connectivity index (χ0n) is 12.5. The lowest BCUT2D eigenvalue weighted by molar-refractivity contribution is -0.154. The predicted octanol–water partition coefficient (Wildman–Crippen LogP) is 0.454. The van der Waals surface area contributed by atoms with Gasteiger partial charge in [0.15, 0.2) is 0 Å². The van der Waals surface area contributed by atoms with Crippen LogP contribution in [0.5, 0.6) is 0 Å². The van der Waals surface area contributed by atoms with E-state index in [9.17, 15) is 9.59 Å². The van der Waals surface area contributed by atoms with Crippen molar-refractivity contribution in [1.29, 1.82) is 0 Å². The van der Waals surface area contributed by atoms with Gasteiger partial charge < -0.3 is 10.2 Å². The number of hydrogen-bond acceptors (Lipinski definition) is 3. The second-order valence-corrected chi connectivity index (χ2v) is 6.62. The fraction of sp³-hybridized carbons (Fsp3) is 0.867. The van der Waals surface area contributed by atoms with Gasteiger partial charge in [-0.25, -0.2) is 0 Å². The normalized spacial score (nSPS) is 32.8. The Hall–Kier alpha value is -1.10. The van der Waals surface area contributed by atoms with Crippen LogP contribution < -0.4 is 5.32 Å². The first-order valence-corrected chi connectivity index (χ1v) is 7.93. The van der Waals surface area contributed by atoms with E-state index < -0.39 is 0 Å². The molecular formula is C15H25N3O2. The monoisotopic (exact) mass is 279 g/mol. The summed E-state index contributed by atoms with van der Waals surface area (Å²) >= 11 is 0. The van der Waals surface area contributed by atoms with Gasteiger partial charge in [0.05, 0.1) is 0 Å². The van der Waals surface area contributed by atoms with E-state index in [1.54, 1.807) is 0 Å². The van der Waals surface area contributed by atoms with Crippen LogP contribution in [-0.2, 0) is 9.59 Å². The van der Waals surface area contributed by atoms with Gasteiger partial charge in [-0.1, -0.05) is 20.3 Å². The molecule has 1 aliphatic carbocycles. The van der Waals surface area contributed by atoms with Gasteiger partial charge in [0.25, 0.3) is 0 Å². The molecule has 0 radical (unpaired) electrons. The summed E-state index contributed by atoms with van der Waals surface area (Å²) in [7, 11) is 0. The Kier molecular flexibility index (Phi) is 3.71. The highest BCUT2D eigenvalue weighted by atomic mass is 16.2. The minimum absolute atomic E-state index is 0.0374. The van der Waals surface area contributed by atoms with Crippen LogP contribution in [0, 0.1) is 11.8 Å². The molecule has 0 aromatic carbocycles. The molecule has 5 nitrogen and oxygen atoms in total. The van der Waals surface area contributed by atoms with Crippen molar-refractivity contribution in [3.8, 4) is 0 Å². The lowest BCUT2D eigenvalue weighted by Gasteiger charge is -2.46. The fourth-order valence-corrected chi connectivity index (χ4v) is 3.27. The van der Waals surface area contributed by atoms with Crippen LogP contribution in [0.4, 0.5) is 0 Å². The van der Waals surface area contributed by atoms with E-state index in [0.717, 1.165) is 25.4 Å². The summed E-state index contributed by atoms with van der Waals surface area (Å²) in [5.41, 5.74) is 0. The average Bonchev–Trinajstić information content (AvgIpc) is 3.26. The van der Waals surface area contributed by atoms with E-state index in [0.29, 0.717) is 13.1 Å². The van der Waals surface area contributed by atoms with Crippen LogP contribution in [0.2, 0.25) is 0 Å². The molecule has 2 amide bonds. The number of hydrogen-bond donors (Lipinski definition) is 1. The van der Waals surface area contributed by atoms with E-state index in [4.69, 9.17) is 0 Å². The Bertz CT molecular complexity index is 408. The van der Waals surface area contributed by atoms with Crippen molar-refractivity contribution in [1.82, 2.24) is 15.1 Å². The smallest absolute Gasteiger partial charge is 0.246 e. The summed E-state index contributed by atoms with van der Waals surface area (Å²) < 4.78 is 0. The molecule has 0 bridgehead atoms. The number of nitrogens with one attached hydrogen (secondary N) is 1. The van der Waals surface area contributed by atoms with E-state index in [1.807, 2.05) is 11.8 Å². The largest absolute Gasteiger partial charge is 0.342 e. The first-order chi connectivity index (χ1) is 9.60. The van der Waals surface area contributed by atoms with Gasteiger partial charge in [-0.05, 0) is 24.7 Å². The summed E-state index contributed by atoms with van der Waals surface area (Å²) in [5, 5.41) is 2.95. The van der Waals surface area contributed by atoms with Crippen LogP contribution in [0.3, 0.4) is 0 Å². The van der Waals surface area contributed by atoms with Crippen LogP contribution >= 0.6 is 0 Å². The molecule has 0 spiro atoms. The molecular weight excluding hydrogens is 254 g/mol. The number of rotatable bonds is 4. The Morgan fingerprint density at radius 2 is 2.05 bits per heavy atom. The van der Waals surface area contributed by atoms with Crippen LogP contribution in [0.25, 0.3) is 0 Å². The number of fused-ring (bicyclic) bond motifs is 1. The second kappa shape index (κ2) is 5.35. The first-order valence-electron chi connectivity index (χ1n) is 7.93. The lowest BCUT2D eigenvalue weighted by Crippen LogP contribution is -2.70. The number of carbonyl (C=O) groups is 2. The maximum atomic E-state index is 12.5. The summed E-state index contributed by atoms with van der Waals surface area (Å²) in [5.74, 6) is 1.19. The molecule has 3 aliphatic rings. The van der Waals surface area contributed by atoms with Crippen molar-refractivity contribution < 1.29 is 9.59 Å². The number of nitrogens with zero attached hydrogens (tertiary/aromatic N) is 2. The van der Waals surface area contributed by atoms with Crippen molar-refractivity contribution in [2.24, 2.45) is 11.8 Å². The van der Waals surface area contributed by atoms with E-state index in [2.05, 4.69) is 17.1 Å². The molecule has 2 aliphatic heterocycles. The number of carbonyl (C=O) groups excluding carboxylic acids is 2. The Morgan fingerprint density at radius 1 is 1.30 bits per heavy atom. The Morgan fingerprint density at radius 3 is 2.70 bits per heavy atom. The fourth-order valence-electron chi connectivity index (χ4n) is 3.27. The molecule has 1 saturated carbocycles. The maximum Gasteiger partial charge on any atom is 0.246 e. The van der Waals surface area contributed by atoms with Gasteiger partial charge in [-0.15, -0.1) is 0 Å². The van der Waals surface area contributed by atoms with Gasteiger partial charge in [0, 0.05) is 26.2 Å². The lowest BCUT2D eigenvalue weighted by atomic mass is 9.93. The molecule has 3 fully saturated rings. The van der Waals surface area contributed by atoms with Crippen LogP contribution in [-0.4, -0.2) is 59.9 Å². The van der Waals surface area contributed by atoms with Gasteiger partial charge in [0.1, 0.15) is 12.1 Å². The summed E-state index contributed by atoms with van der Waals surface area (Å²) in [6.07, 6.45) is 3.56. The van der Waals surface area contributed by atoms with Gasteiger partial charge >= 0.3 is 0 Å². The molecule has 0 aromatic rings. The molecule has 5 heteroatoms. The molecule has 2 saturated heterocycles. The molecule has 0 aromatic heterocycles. The summed E-state index contributed by atoms with van der Waals surface area (Å²) in [4.78, 5) is 29.0. The molecule has 1 N–H and O–H groups in total. The van der Waals surface area contributed by atoms with Gasteiger partial charge in [-0.3, -0.25) is 14.5 Å². The van der Waals surface area contributed by atoms with Crippen molar-refractivity contribution in [3.63, 3.8) is 0 Å². The Labute approximate surface area is 120 Å². The van der Waals surface area contributed by atoms with Crippen molar-refractivity contribution in [2.75, 3.05) is 26.2 Å². The molecule has 112 valence electrons. The van der Waals surface area contributed by atoms with Gasteiger partial charge in [0.2, 0.25) is 11.8 Å². The predicted molar refractivity (Wildman–Crippen MR) is 76.1 cm³/mol. The molecule has 3 rings (SSSR count). The molecule has 2 heterocycles. The Balaban J connectivity index is 1.67. The SMILES string of the molecule is CC[C@H](C)[C@@H]1NC(=O)[C@H]2CN(CC3CC3)CCN2C1=O. The van der Waals surface area contributed by atoms with Crippen molar-refractivity contribution in [3.05, 3.63) is 0 Å². The maximum absolute atomic E-state index is 12.5. The zero-order valence-corrected chi connectivity index (χ0v) is 12.5. The van der Waals surface area contributed by atoms with Crippen molar-refractivity contribution in [2.45, 2.75) is 45.2 Å². The minimum Gasteiger partial charge on any atom is -0.342 e. The van der Waals surface area contributed by atoms with E-state index >= 15 is 0 Å². The van der Waals surface area contributed by atoms with Crippen LogP contribution in [0.1, 0.15) is 33.1 Å². The average molecular weight is 279 g/mol. The summed E-state index contributed by atoms with van der Waals surface area (Å²) in [6, 6.07) is -0.589. The third kappa shape index (κ3) is 2.55. The number of piperazine rings is 2. The topological polar surface area (TPSA) is 52.7 Å². The third-order valence-corrected chi connectivity index (χ3v) is 5.04. The van der Waals surface area contributed by atoms with Gasteiger partial charge in [-0.2, -0.15) is 0 Å². The zero-order chi connectivity index (χ0) is 14.3. The highest BCUT2D eigenvalue weighted by molar-refractivity contribution is 5.97. The molecule has 0 unspecified atom stereocenters. The summed E-state index contributed by atoms with van der Waals surface area (Å²) in [6.45, 7) is 7.52. The van der Waals surface area contributed by atoms with E-state index in [1.165, 1.54) is 12.8 Å². The quantitative estimate of drug-likeness (QED) is 0.813. The minimum atomic E-state index is -0.321. The highest BCUT2D eigenvalue weighted by Crippen LogP contribution is 2.31. The highest BCUT2D eigenvalue weighted by Gasteiger charge is 2.45.